The molecule has 0 unspecified atom stereocenters. The van der Waals surface area contributed by atoms with Gasteiger partial charge in [-0.1, -0.05) is 6.07 Å². The molecule has 0 aliphatic rings. The first-order valence-corrected chi connectivity index (χ1v) is 6.88. The molecule has 0 spiro atoms. The summed E-state index contributed by atoms with van der Waals surface area (Å²) in [6, 6.07) is 7.89. The van der Waals surface area contributed by atoms with Gasteiger partial charge in [-0.25, -0.2) is 19.9 Å². The lowest BCUT2D eigenvalue weighted by Gasteiger charge is -2.10. The van der Waals surface area contributed by atoms with Gasteiger partial charge in [0.15, 0.2) is 5.82 Å². The zero-order chi connectivity index (χ0) is 16.4. The molecule has 0 bridgehead atoms. The molecule has 0 aliphatic carbocycles. The second-order valence-electron chi connectivity index (χ2n) is 5.06. The minimum atomic E-state index is -0.315. The summed E-state index contributed by atoms with van der Waals surface area (Å²) >= 11 is 0. The number of nitrogen functional groups attached to an aromatic ring is 3. The lowest BCUT2D eigenvalue weighted by atomic mass is 10.1. The molecule has 23 heavy (non-hydrogen) atoms. The molecule has 8 heteroatoms. The van der Waals surface area contributed by atoms with Gasteiger partial charge in [-0.15, -0.1) is 0 Å². The standard InChI is InChI=1S/C15H16FN7/c16-11-2-1-3-12(6-11)23-8-9(7-20-23)4-10-5-13(17)21-15(22-19)14(10)18/h1-3,5-8H,4,18-19H2,(H3,17,21,22). The molecule has 0 fully saturated rings. The molecule has 2 heterocycles. The summed E-state index contributed by atoms with van der Waals surface area (Å²) in [6.45, 7) is 0. The van der Waals surface area contributed by atoms with Crippen molar-refractivity contribution in [3.8, 4) is 5.69 Å². The van der Waals surface area contributed by atoms with Gasteiger partial charge >= 0.3 is 0 Å². The van der Waals surface area contributed by atoms with Crippen LogP contribution in [0.2, 0.25) is 0 Å². The van der Waals surface area contributed by atoms with Crippen molar-refractivity contribution >= 4 is 17.3 Å². The van der Waals surface area contributed by atoms with E-state index in [1.165, 1.54) is 12.1 Å². The van der Waals surface area contributed by atoms with Crippen molar-refractivity contribution in [2.75, 3.05) is 16.9 Å². The van der Waals surface area contributed by atoms with E-state index < -0.39 is 0 Å². The smallest absolute Gasteiger partial charge is 0.165 e. The van der Waals surface area contributed by atoms with Crippen LogP contribution in [-0.4, -0.2) is 14.8 Å². The van der Waals surface area contributed by atoms with E-state index in [2.05, 4.69) is 15.5 Å². The van der Waals surface area contributed by atoms with Crippen LogP contribution in [0.1, 0.15) is 11.1 Å². The molecule has 0 aliphatic heterocycles. The molecule has 1 aromatic carbocycles. The van der Waals surface area contributed by atoms with Gasteiger partial charge in [-0.3, -0.25) is 0 Å². The second-order valence-corrected chi connectivity index (χ2v) is 5.06. The van der Waals surface area contributed by atoms with Crippen molar-refractivity contribution in [3.05, 3.63) is 59.7 Å². The van der Waals surface area contributed by atoms with Crippen LogP contribution in [0, 0.1) is 5.82 Å². The van der Waals surface area contributed by atoms with Gasteiger partial charge in [-0.05, 0) is 35.4 Å². The molecular weight excluding hydrogens is 297 g/mol. The van der Waals surface area contributed by atoms with Gasteiger partial charge in [0.25, 0.3) is 0 Å². The van der Waals surface area contributed by atoms with E-state index in [0.717, 1.165) is 11.1 Å². The van der Waals surface area contributed by atoms with Crippen molar-refractivity contribution in [2.24, 2.45) is 5.84 Å². The van der Waals surface area contributed by atoms with E-state index in [1.54, 1.807) is 35.3 Å². The second kappa shape index (κ2) is 5.93. The van der Waals surface area contributed by atoms with Crippen molar-refractivity contribution in [1.82, 2.24) is 14.8 Å². The summed E-state index contributed by atoms with van der Waals surface area (Å²) in [5.74, 6) is 5.71. The highest BCUT2D eigenvalue weighted by Crippen LogP contribution is 2.25. The molecule has 3 aromatic rings. The van der Waals surface area contributed by atoms with Gasteiger partial charge in [0.05, 0.1) is 17.6 Å². The van der Waals surface area contributed by atoms with Crippen LogP contribution < -0.4 is 22.7 Å². The number of nitrogens with zero attached hydrogens (tertiary/aromatic N) is 3. The Labute approximate surface area is 131 Å². The summed E-state index contributed by atoms with van der Waals surface area (Å²) in [4.78, 5) is 4.01. The van der Waals surface area contributed by atoms with E-state index >= 15 is 0 Å². The monoisotopic (exact) mass is 313 g/mol. The largest absolute Gasteiger partial charge is 0.395 e. The molecule has 0 radical (unpaired) electrons. The lowest BCUT2D eigenvalue weighted by molar-refractivity contribution is 0.625. The Bertz CT molecular complexity index is 844. The van der Waals surface area contributed by atoms with Gasteiger partial charge in [-0.2, -0.15) is 5.10 Å². The minimum absolute atomic E-state index is 0.315. The Morgan fingerprint density at radius 3 is 2.78 bits per heavy atom. The van der Waals surface area contributed by atoms with E-state index in [-0.39, 0.29) is 5.82 Å². The molecule has 7 N–H and O–H groups in total. The predicted octanol–water partition coefficient (Wildman–Crippen LogP) is 1.45. The summed E-state index contributed by atoms with van der Waals surface area (Å²) in [5, 5.41) is 4.24. The molecule has 0 amide bonds. The molecule has 0 saturated carbocycles. The summed E-state index contributed by atoms with van der Waals surface area (Å²) < 4.78 is 14.9. The number of hydrogen-bond acceptors (Lipinski definition) is 6. The van der Waals surface area contributed by atoms with Crippen LogP contribution in [-0.2, 0) is 6.42 Å². The van der Waals surface area contributed by atoms with Crippen LogP contribution in [0.4, 0.5) is 21.7 Å². The molecular formula is C15H16FN7. The van der Waals surface area contributed by atoms with Crippen molar-refractivity contribution in [3.63, 3.8) is 0 Å². The third-order valence-electron chi connectivity index (χ3n) is 3.40. The maximum absolute atomic E-state index is 13.3. The number of anilines is 3. The van der Waals surface area contributed by atoms with Crippen LogP contribution in [0.15, 0.2) is 42.7 Å². The third-order valence-corrected chi connectivity index (χ3v) is 3.40. The van der Waals surface area contributed by atoms with Crippen molar-refractivity contribution in [1.29, 1.82) is 0 Å². The third kappa shape index (κ3) is 3.06. The minimum Gasteiger partial charge on any atom is -0.395 e. The first-order valence-electron chi connectivity index (χ1n) is 6.88. The number of hydrogen-bond donors (Lipinski definition) is 4. The molecule has 7 nitrogen and oxygen atoms in total. The zero-order valence-corrected chi connectivity index (χ0v) is 12.2. The average Bonchev–Trinajstić information content (AvgIpc) is 2.99. The highest BCUT2D eigenvalue weighted by molar-refractivity contribution is 5.68. The number of pyridine rings is 1. The number of nitrogens with two attached hydrogens (primary N) is 3. The van der Waals surface area contributed by atoms with Gasteiger partial charge in [0, 0.05) is 12.6 Å². The number of hydrazine groups is 1. The fourth-order valence-corrected chi connectivity index (χ4v) is 2.32. The molecule has 0 saturated heterocycles. The quantitative estimate of drug-likeness (QED) is 0.427. The van der Waals surface area contributed by atoms with E-state index in [4.69, 9.17) is 17.3 Å². The Hall–Kier alpha value is -3.13. The molecule has 118 valence electrons. The van der Waals surface area contributed by atoms with Gasteiger partial charge in [0.1, 0.15) is 11.6 Å². The van der Waals surface area contributed by atoms with E-state index in [0.29, 0.717) is 29.4 Å². The topological polar surface area (TPSA) is 121 Å². The van der Waals surface area contributed by atoms with Crippen LogP contribution in [0.25, 0.3) is 5.69 Å². The predicted molar refractivity (Wildman–Crippen MR) is 87.2 cm³/mol. The van der Waals surface area contributed by atoms with Crippen molar-refractivity contribution < 1.29 is 4.39 Å². The fraction of sp³-hybridized carbons (Fsp3) is 0.0667. The van der Waals surface area contributed by atoms with Gasteiger partial charge in [0.2, 0.25) is 0 Å². The maximum atomic E-state index is 13.3. The van der Waals surface area contributed by atoms with E-state index in [1.807, 2.05) is 0 Å². The lowest BCUT2D eigenvalue weighted by Crippen LogP contribution is -2.13. The first kappa shape index (κ1) is 14.8. The number of benzene rings is 1. The van der Waals surface area contributed by atoms with Gasteiger partial charge < -0.3 is 16.9 Å². The van der Waals surface area contributed by atoms with Crippen molar-refractivity contribution in [2.45, 2.75) is 6.42 Å². The zero-order valence-electron chi connectivity index (χ0n) is 12.2. The molecule has 0 atom stereocenters. The maximum Gasteiger partial charge on any atom is 0.165 e. The van der Waals surface area contributed by atoms with Crippen LogP contribution >= 0.6 is 0 Å². The highest BCUT2D eigenvalue weighted by Gasteiger charge is 2.10. The number of halogens is 1. The fourth-order valence-electron chi connectivity index (χ4n) is 2.32. The molecule has 3 rings (SSSR count). The van der Waals surface area contributed by atoms with Crippen LogP contribution in [0.5, 0.6) is 0 Å². The Morgan fingerprint density at radius 1 is 1.22 bits per heavy atom. The number of aromatic nitrogens is 3. The average molecular weight is 313 g/mol. The SMILES string of the molecule is NNc1nc(N)cc(Cc2cnn(-c3cccc(F)c3)c2)c1N. The Kier molecular flexibility index (Phi) is 3.82. The number of nitrogens with one attached hydrogen (secondary N) is 1. The summed E-state index contributed by atoms with van der Waals surface area (Å²) in [7, 11) is 0. The Balaban J connectivity index is 1.89. The number of rotatable bonds is 4. The van der Waals surface area contributed by atoms with E-state index in [9.17, 15) is 4.39 Å². The summed E-state index contributed by atoms with van der Waals surface area (Å²) in [5.41, 5.74) is 16.9. The summed E-state index contributed by atoms with van der Waals surface area (Å²) in [6.07, 6.45) is 4.00. The normalized spacial score (nSPS) is 10.7. The highest BCUT2D eigenvalue weighted by atomic mass is 19.1. The van der Waals surface area contributed by atoms with Crippen LogP contribution in [0.3, 0.4) is 0 Å². The molecule has 2 aromatic heterocycles. The Morgan fingerprint density at radius 2 is 2.04 bits per heavy atom. The first-order chi connectivity index (χ1) is 11.1.